The topological polar surface area (TPSA) is 228 Å². The highest BCUT2D eigenvalue weighted by molar-refractivity contribution is 6.01. The second-order valence-electron chi connectivity index (χ2n) is 21.4. The van der Waals surface area contributed by atoms with E-state index in [1.807, 2.05) is 43.8 Å². The first-order chi connectivity index (χ1) is 33.9. The van der Waals surface area contributed by atoms with E-state index in [0.29, 0.717) is 17.9 Å². The monoisotopic (exact) mass is 1010 g/mol. The second-order valence-corrected chi connectivity index (χ2v) is 21.4. The number of cyclic esters (lactones) is 1. The average Bonchev–Trinajstić information content (AvgIpc) is 4.03. The van der Waals surface area contributed by atoms with Gasteiger partial charge >= 0.3 is 11.9 Å². The van der Waals surface area contributed by atoms with Crippen LogP contribution in [0.4, 0.5) is 0 Å². The van der Waals surface area contributed by atoms with Gasteiger partial charge in [-0.3, -0.25) is 29.1 Å². The maximum absolute atomic E-state index is 15.7. The third-order valence-electron chi connectivity index (χ3n) is 15.8. The Balaban J connectivity index is 1.40. The summed E-state index contributed by atoms with van der Waals surface area (Å²) in [7, 11) is 5.10. The van der Waals surface area contributed by atoms with Crippen LogP contribution in [0.1, 0.15) is 93.7 Å². The van der Waals surface area contributed by atoms with E-state index >= 15 is 9.59 Å². The number of hydrogen-bond acceptors (Lipinski definition) is 19. The van der Waals surface area contributed by atoms with Crippen LogP contribution >= 0.6 is 0 Å². The lowest BCUT2D eigenvalue weighted by Crippen LogP contribution is -2.63. The highest BCUT2D eigenvalue weighted by Gasteiger charge is 2.71. The van der Waals surface area contributed by atoms with E-state index in [-0.39, 0.29) is 50.4 Å². The number of nitrogens with zero attached hydrogens (tertiary/aromatic N) is 4. The molecule has 2 N–H and O–H groups in total. The minimum absolute atomic E-state index is 0.0769. The predicted octanol–water partition coefficient (Wildman–Crippen LogP) is 3.90. The van der Waals surface area contributed by atoms with Crippen LogP contribution < -0.4 is 0 Å². The molecule has 5 aliphatic heterocycles. The lowest BCUT2D eigenvalue weighted by atomic mass is 9.62. The van der Waals surface area contributed by atoms with Gasteiger partial charge in [0.2, 0.25) is 0 Å². The molecule has 19 nitrogen and oxygen atoms in total. The van der Waals surface area contributed by atoms with E-state index in [0.717, 1.165) is 0 Å². The molecule has 2 aromatic rings. The van der Waals surface area contributed by atoms with Gasteiger partial charge in [0.15, 0.2) is 35.4 Å². The van der Waals surface area contributed by atoms with Crippen LogP contribution in [0.3, 0.4) is 0 Å². The van der Waals surface area contributed by atoms with E-state index in [9.17, 15) is 19.8 Å². The number of Topliss-reactive ketones (excluding diaryl/α,β-unsaturated/α-hetero) is 2. The van der Waals surface area contributed by atoms with Crippen molar-refractivity contribution in [3.05, 3.63) is 48.8 Å². The first-order valence-corrected chi connectivity index (χ1v) is 25.0. The number of rotatable bonds is 12. The van der Waals surface area contributed by atoms with E-state index in [1.54, 1.807) is 72.0 Å². The zero-order chi connectivity index (χ0) is 52.7. The Morgan fingerprint density at radius 2 is 1.74 bits per heavy atom. The smallest absolute Gasteiger partial charge is 0.324 e. The van der Waals surface area contributed by atoms with Gasteiger partial charge in [-0.25, -0.2) is 0 Å². The summed E-state index contributed by atoms with van der Waals surface area (Å²) in [5.41, 5.74) is -4.93. The average molecular weight is 1010 g/mol. The Morgan fingerprint density at radius 3 is 2.39 bits per heavy atom. The Labute approximate surface area is 422 Å². The van der Waals surface area contributed by atoms with E-state index in [4.69, 9.17) is 42.4 Å². The van der Waals surface area contributed by atoms with Gasteiger partial charge in [0.05, 0.1) is 23.4 Å². The molecular formula is C53H74N4O15. The number of esters is 2. The number of likely N-dealkylation sites (tertiary alicyclic amines) is 1. The number of likely N-dealkylation sites (N-methyl/N-ethyl adjacent to an activating group) is 1. The molecule has 7 rings (SSSR count). The maximum atomic E-state index is 15.7. The van der Waals surface area contributed by atoms with Crippen LogP contribution in [0.5, 0.6) is 0 Å². The number of carbonyl (C=O) groups excluding carboxylic acids is 4. The molecule has 19 heteroatoms. The fourth-order valence-corrected chi connectivity index (χ4v) is 12.0. The third kappa shape index (κ3) is 10.6. The summed E-state index contributed by atoms with van der Waals surface area (Å²) in [4.78, 5) is 68.2. The lowest BCUT2D eigenvalue weighted by Gasteiger charge is -2.49. The quantitative estimate of drug-likeness (QED) is 0.133. The summed E-state index contributed by atoms with van der Waals surface area (Å²) in [6.07, 6.45) is -7.12. The minimum Gasteiger partial charge on any atom is -0.458 e. The molecule has 0 amide bonds. The Morgan fingerprint density at radius 1 is 1.00 bits per heavy atom. The van der Waals surface area contributed by atoms with Crippen molar-refractivity contribution in [3.8, 4) is 23.3 Å². The van der Waals surface area contributed by atoms with Gasteiger partial charge in [0.1, 0.15) is 60.6 Å². The first-order valence-electron chi connectivity index (χ1n) is 25.0. The Kier molecular flexibility index (Phi) is 16.7. The number of hydrogen-bond donors (Lipinski definition) is 2. The zero-order valence-corrected chi connectivity index (χ0v) is 43.7. The standard InChI is InChI=1S/C53H74N4O15/c1-14-22-57-28-50(7)43-39(57)48(63)71-53(43,10)37(15-2)68-47(62)31(5)40(58)42(69-38-27-51(8,64-13)45(61)32(6)67-38)46(70-49-41(59)35(56(11)12)24-30(4)66-49)52(9,26-29(3)44(50)60)65-23-18-19-33-25-36(72-55-33)34-20-16-17-21-54-34/h14,16-17,20-21,25,29-32,35,37-39,41-43,45-46,49,59,61H,1,15,22-24,26-28H2,2-13H3/t29-,30-,31-,32+,35+,37+,38+,39?,41-,42+,43?,45?,46-,49+,50?,51?,52+,53-/m1/s1. The second kappa shape index (κ2) is 21.8. The van der Waals surface area contributed by atoms with Gasteiger partial charge in [-0.05, 0) is 93.0 Å². The maximum Gasteiger partial charge on any atom is 0.324 e. The fraction of sp³-hybridized carbons (Fsp3) is 0.698. The predicted molar refractivity (Wildman–Crippen MR) is 258 cm³/mol. The summed E-state index contributed by atoms with van der Waals surface area (Å²) in [5.74, 6) is 0.530. The molecule has 0 radical (unpaired) electrons. The molecule has 5 aliphatic rings. The van der Waals surface area contributed by atoms with Crippen LogP contribution in [0.25, 0.3) is 11.5 Å². The number of ketones is 2. The summed E-state index contributed by atoms with van der Waals surface area (Å²) in [6, 6.07) is 5.66. The fourth-order valence-electron chi connectivity index (χ4n) is 12.0. The van der Waals surface area contributed by atoms with E-state index in [1.165, 1.54) is 14.0 Å². The van der Waals surface area contributed by atoms with Crippen molar-refractivity contribution in [1.29, 1.82) is 0 Å². The summed E-state index contributed by atoms with van der Waals surface area (Å²) in [6.45, 7) is 19.3. The Bertz CT molecular complexity index is 2360. The molecule has 18 atom stereocenters. The summed E-state index contributed by atoms with van der Waals surface area (Å²) < 4.78 is 57.2. The molecule has 0 bridgehead atoms. The third-order valence-corrected chi connectivity index (χ3v) is 15.8. The Hall–Kier alpha value is -4.46. The summed E-state index contributed by atoms with van der Waals surface area (Å²) in [5, 5.41) is 27.4. The number of aliphatic hydroxyl groups is 2. The van der Waals surface area contributed by atoms with Crippen molar-refractivity contribution in [3.63, 3.8) is 0 Å². The van der Waals surface area contributed by atoms with Gasteiger partial charge in [-0.2, -0.15) is 0 Å². The minimum atomic E-state index is -1.78. The van der Waals surface area contributed by atoms with Gasteiger partial charge in [0.25, 0.3) is 0 Å². The molecule has 0 aliphatic carbocycles. The number of aliphatic hydroxyl groups excluding tert-OH is 2. The van der Waals surface area contributed by atoms with Crippen molar-refractivity contribution in [2.75, 3.05) is 40.9 Å². The molecule has 5 fully saturated rings. The van der Waals surface area contributed by atoms with E-state index < -0.39 is 125 Å². The van der Waals surface area contributed by atoms with Crippen LogP contribution in [-0.2, 0) is 57.1 Å². The van der Waals surface area contributed by atoms with Crippen LogP contribution in [0.2, 0.25) is 0 Å². The highest BCUT2D eigenvalue weighted by atomic mass is 16.7. The first kappa shape index (κ1) is 55.3. The SMILES string of the molecule is C=CCN1CC2(C)C(=O)[C@H](C)C[C@](C)(OCC#Cc3cc(-c4ccccn4)on3)[C@H](O[C@@H]3O[C@H](C)C[C@H](N(C)C)[C@H]3O)[C@@H](O[C@H]3CC(C)(OC)C(O)[C@H](C)O3)C(=O)[C@@H](C)C(=O)O[C@@H](CC)[C@@]3(C)OC(=O)C1C23. The molecule has 5 saturated heterocycles. The number of carbonyl (C=O) groups is 4. The van der Waals surface area contributed by atoms with Crippen LogP contribution in [0, 0.1) is 35.0 Å². The van der Waals surface area contributed by atoms with Crippen molar-refractivity contribution in [2.24, 2.45) is 23.2 Å². The van der Waals surface area contributed by atoms with Crippen molar-refractivity contribution in [1.82, 2.24) is 19.9 Å². The van der Waals surface area contributed by atoms with Crippen molar-refractivity contribution < 1.29 is 71.8 Å². The molecule has 0 saturated carbocycles. The molecule has 396 valence electrons. The largest absolute Gasteiger partial charge is 0.458 e. The molecule has 0 aromatic carbocycles. The number of methoxy groups -OCH3 is 1. The summed E-state index contributed by atoms with van der Waals surface area (Å²) >= 11 is 0. The highest BCUT2D eigenvalue weighted by Crippen LogP contribution is 2.56. The lowest BCUT2D eigenvalue weighted by molar-refractivity contribution is -0.328. The van der Waals surface area contributed by atoms with E-state index in [2.05, 4.69) is 28.6 Å². The normalized spacial score (nSPS) is 41.0. The van der Waals surface area contributed by atoms with Gasteiger partial charge < -0.3 is 57.5 Å². The van der Waals surface area contributed by atoms with Crippen LogP contribution in [0.15, 0.2) is 47.6 Å². The van der Waals surface area contributed by atoms with Gasteiger partial charge in [-0.1, -0.05) is 44.0 Å². The number of aromatic nitrogens is 2. The van der Waals surface area contributed by atoms with Crippen molar-refractivity contribution in [2.45, 2.75) is 172 Å². The number of ether oxygens (including phenoxy) is 8. The zero-order valence-electron chi connectivity index (χ0n) is 43.7. The molecule has 72 heavy (non-hydrogen) atoms. The van der Waals surface area contributed by atoms with Gasteiger partial charge in [0, 0.05) is 62.2 Å². The number of pyridine rings is 1. The van der Waals surface area contributed by atoms with Crippen molar-refractivity contribution >= 4 is 23.5 Å². The molecule has 5 unspecified atom stereocenters. The molecule has 2 aromatic heterocycles. The molecule has 0 spiro atoms. The molecular weight excluding hydrogens is 933 g/mol. The molecule has 7 heterocycles. The van der Waals surface area contributed by atoms with Crippen LogP contribution in [-0.4, -0.2) is 179 Å². The van der Waals surface area contributed by atoms with Gasteiger partial charge in [-0.15, -0.1) is 6.58 Å².